The minimum atomic E-state index is 0.329. The zero-order chi connectivity index (χ0) is 11.0. The Labute approximate surface area is 111 Å². The highest BCUT2D eigenvalue weighted by Gasteiger charge is 2.32. The summed E-state index contributed by atoms with van der Waals surface area (Å²) in [6.07, 6.45) is 1.51. The van der Waals surface area contributed by atoms with Gasteiger partial charge in [-0.15, -0.1) is 11.3 Å². The first-order valence-corrected chi connectivity index (χ1v) is 7.63. The van der Waals surface area contributed by atoms with Gasteiger partial charge in [-0.2, -0.15) is 0 Å². The van der Waals surface area contributed by atoms with Crippen LogP contribution in [0.25, 0.3) is 0 Å². The molecule has 0 aromatic carbocycles. The van der Waals surface area contributed by atoms with Gasteiger partial charge in [0.05, 0.1) is 10.9 Å². The van der Waals surface area contributed by atoms with E-state index in [1.54, 1.807) is 0 Å². The molecule has 1 aromatic heterocycles. The molecule has 1 nitrogen and oxygen atoms in total. The quantitative estimate of drug-likeness (QED) is 0.701. The molecule has 2 heterocycles. The van der Waals surface area contributed by atoms with E-state index < -0.39 is 0 Å². The first kappa shape index (κ1) is 12.1. The number of hydrogen-bond acceptors (Lipinski definition) is 2. The summed E-state index contributed by atoms with van der Waals surface area (Å²) in [6, 6.07) is 2.20. The average Bonchev–Trinajstić information content (AvgIpc) is 2.74. The highest BCUT2D eigenvalue weighted by Crippen LogP contribution is 2.41. The fourth-order valence-corrected chi connectivity index (χ4v) is 4.53. The van der Waals surface area contributed by atoms with Crippen LogP contribution in [0.15, 0.2) is 10.5 Å². The lowest BCUT2D eigenvalue weighted by molar-refractivity contribution is 0.0941. The molecule has 2 rings (SSSR count). The molecule has 84 valence electrons. The number of rotatable bonds is 2. The van der Waals surface area contributed by atoms with Crippen molar-refractivity contribution >= 4 is 43.2 Å². The second kappa shape index (κ2) is 4.86. The van der Waals surface area contributed by atoms with Crippen molar-refractivity contribution in [2.45, 2.75) is 31.2 Å². The first-order valence-electron chi connectivity index (χ1n) is 5.11. The van der Waals surface area contributed by atoms with Crippen molar-refractivity contribution in [2.24, 2.45) is 5.92 Å². The van der Waals surface area contributed by atoms with Gasteiger partial charge in [-0.05, 0) is 41.3 Å². The highest BCUT2D eigenvalue weighted by molar-refractivity contribution is 9.10. The van der Waals surface area contributed by atoms with Gasteiger partial charge in [-0.3, -0.25) is 0 Å². The molecular weight excluding hydrogens is 340 g/mol. The Kier molecular flexibility index (Phi) is 3.92. The summed E-state index contributed by atoms with van der Waals surface area (Å²) in [5.41, 5.74) is 0. The van der Waals surface area contributed by atoms with Gasteiger partial charge in [0, 0.05) is 20.8 Å². The van der Waals surface area contributed by atoms with E-state index in [9.17, 15) is 0 Å². The van der Waals surface area contributed by atoms with E-state index >= 15 is 0 Å². The molecule has 4 heteroatoms. The first-order chi connectivity index (χ1) is 7.09. The summed E-state index contributed by atoms with van der Waals surface area (Å²) < 4.78 is 6.98. The fraction of sp³-hybridized carbons (Fsp3) is 0.636. The van der Waals surface area contributed by atoms with Crippen molar-refractivity contribution in [1.29, 1.82) is 0 Å². The number of aryl methyl sites for hydroxylation is 1. The molecule has 3 atom stereocenters. The van der Waals surface area contributed by atoms with Crippen LogP contribution in [-0.2, 0) is 4.74 Å². The number of hydrogen-bond donors (Lipinski definition) is 0. The predicted molar refractivity (Wildman–Crippen MR) is 71.9 cm³/mol. The summed E-state index contributed by atoms with van der Waals surface area (Å²) in [5, 5.41) is 0. The molecule has 1 aliphatic rings. The molecule has 0 radical (unpaired) electrons. The zero-order valence-corrected chi connectivity index (χ0v) is 12.8. The number of halogens is 2. The van der Waals surface area contributed by atoms with Crippen LogP contribution >= 0.6 is 43.2 Å². The second-order valence-corrected chi connectivity index (χ2v) is 7.18. The van der Waals surface area contributed by atoms with Gasteiger partial charge in [0.1, 0.15) is 0 Å². The molecular formula is C11H14Br2OS. The second-order valence-electron chi connectivity index (χ2n) is 4.06. The molecule has 0 aliphatic carbocycles. The topological polar surface area (TPSA) is 9.23 Å². The van der Waals surface area contributed by atoms with Crippen molar-refractivity contribution in [3.63, 3.8) is 0 Å². The van der Waals surface area contributed by atoms with Crippen molar-refractivity contribution in [2.75, 3.05) is 6.61 Å². The van der Waals surface area contributed by atoms with Gasteiger partial charge in [0.15, 0.2) is 0 Å². The third-order valence-corrected chi connectivity index (χ3v) is 6.42. The maximum atomic E-state index is 5.78. The van der Waals surface area contributed by atoms with Crippen LogP contribution in [0.1, 0.15) is 27.9 Å². The van der Waals surface area contributed by atoms with Gasteiger partial charge < -0.3 is 4.74 Å². The fourth-order valence-electron chi connectivity index (χ4n) is 1.87. The van der Waals surface area contributed by atoms with Gasteiger partial charge in [-0.1, -0.05) is 22.9 Å². The van der Waals surface area contributed by atoms with E-state index in [2.05, 4.69) is 51.8 Å². The SMILES string of the molecule is Cc1sc(C(Br)C2OCCC2C)cc1Br. The number of ether oxygens (including phenoxy) is 1. The monoisotopic (exact) mass is 352 g/mol. The lowest BCUT2D eigenvalue weighted by Gasteiger charge is -2.19. The maximum absolute atomic E-state index is 5.78. The van der Waals surface area contributed by atoms with Crippen LogP contribution in [-0.4, -0.2) is 12.7 Å². The summed E-state index contributed by atoms with van der Waals surface area (Å²) in [5.74, 6) is 0.649. The molecule has 0 bridgehead atoms. The third-order valence-electron chi connectivity index (χ3n) is 2.88. The Balaban J connectivity index is 2.16. The molecule has 1 fully saturated rings. The summed E-state index contributed by atoms with van der Waals surface area (Å²) in [4.78, 5) is 3.03. The minimum absolute atomic E-state index is 0.329. The minimum Gasteiger partial charge on any atom is -0.376 e. The molecule has 1 aliphatic heterocycles. The lowest BCUT2D eigenvalue weighted by Crippen LogP contribution is -2.18. The summed E-state index contributed by atoms with van der Waals surface area (Å²) in [7, 11) is 0. The molecule has 1 saturated heterocycles. The summed E-state index contributed by atoms with van der Waals surface area (Å²) in [6.45, 7) is 5.30. The van der Waals surface area contributed by atoms with E-state index in [4.69, 9.17) is 4.74 Å². The van der Waals surface area contributed by atoms with Gasteiger partial charge in [0.25, 0.3) is 0 Å². The average molecular weight is 354 g/mol. The van der Waals surface area contributed by atoms with E-state index in [1.165, 1.54) is 20.6 Å². The molecule has 0 amide bonds. The molecule has 0 saturated carbocycles. The van der Waals surface area contributed by atoms with Crippen LogP contribution in [0, 0.1) is 12.8 Å². The van der Waals surface area contributed by atoms with Crippen molar-refractivity contribution < 1.29 is 4.74 Å². The Morgan fingerprint density at radius 1 is 1.60 bits per heavy atom. The summed E-state index contributed by atoms with van der Waals surface area (Å²) >= 11 is 9.16. The zero-order valence-electron chi connectivity index (χ0n) is 8.80. The van der Waals surface area contributed by atoms with Crippen molar-refractivity contribution in [3.8, 4) is 0 Å². The molecule has 15 heavy (non-hydrogen) atoms. The van der Waals surface area contributed by atoms with Gasteiger partial charge in [-0.25, -0.2) is 0 Å². The van der Waals surface area contributed by atoms with E-state index in [1.807, 2.05) is 11.3 Å². The Morgan fingerprint density at radius 3 is 2.80 bits per heavy atom. The highest BCUT2D eigenvalue weighted by atomic mass is 79.9. The van der Waals surface area contributed by atoms with Gasteiger partial charge in [0.2, 0.25) is 0 Å². The van der Waals surface area contributed by atoms with Crippen LogP contribution < -0.4 is 0 Å². The maximum Gasteiger partial charge on any atom is 0.0775 e. The number of alkyl halides is 1. The van der Waals surface area contributed by atoms with Gasteiger partial charge >= 0.3 is 0 Å². The smallest absolute Gasteiger partial charge is 0.0775 e. The van der Waals surface area contributed by atoms with Crippen molar-refractivity contribution in [1.82, 2.24) is 0 Å². The lowest BCUT2D eigenvalue weighted by atomic mass is 10.0. The predicted octanol–water partition coefficient (Wildman–Crippen LogP) is 4.68. The van der Waals surface area contributed by atoms with Crippen LogP contribution in [0.4, 0.5) is 0 Å². The van der Waals surface area contributed by atoms with E-state index in [0.29, 0.717) is 16.8 Å². The van der Waals surface area contributed by atoms with E-state index in [0.717, 1.165) is 6.61 Å². The molecule has 1 aromatic rings. The number of thiophene rings is 1. The Bertz CT molecular complexity index is 331. The van der Waals surface area contributed by atoms with Crippen molar-refractivity contribution in [3.05, 3.63) is 20.3 Å². The standard InChI is InChI=1S/C11H14Br2OS/c1-6-3-4-14-11(6)10(13)9-5-8(12)7(2)15-9/h5-6,10-11H,3-4H2,1-2H3. The molecule has 0 N–H and O–H groups in total. The molecule has 3 unspecified atom stereocenters. The van der Waals surface area contributed by atoms with Crippen LogP contribution in [0.2, 0.25) is 0 Å². The Morgan fingerprint density at radius 2 is 2.33 bits per heavy atom. The normalized spacial score (nSPS) is 28.3. The van der Waals surface area contributed by atoms with E-state index in [-0.39, 0.29) is 0 Å². The molecule has 0 spiro atoms. The Hall–Kier alpha value is 0.620. The third kappa shape index (κ3) is 2.48. The van der Waals surface area contributed by atoms with Crippen LogP contribution in [0.5, 0.6) is 0 Å². The van der Waals surface area contributed by atoms with Crippen LogP contribution in [0.3, 0.4) is 0 Å². The largest absolute Gasteiger partial charge is 0.376 e.